The van der Waals surface area contributed by atoms with Crippen molar-refractivity contribution in [3.05, 3.63) is 0 Å². The van der Waals surface area contributed by atoms with Crippen molar-refractivity contribution in [3.8, 4) is 0 Å². The summed E-state index contributed by atoms with van der Waals surface area (Å²) in [6, 6.07) is 0. The van der Waals surface area contributed by atoms with Crippen molar-refractivity contribution >= 4 is 29.9 Å². The molecule has 0 aliphatic carbocycles. The molecule has 0 amide bonds. The molecule has 0 aromatic heterocycles. The average Bonchev–Trinajstić information content (AvgIpc) is 2.34. The first kappa shape index (κ1) is 20.0. The highest BCUT2D eigenvalue weighted by atomic mass is 127. The molecule has 1 aliphatic heterocycles. The van der Waals surface area contributed by atoms with Gasteiger partial charge in [-0.15, -0.1) is 24.0 Å². The molecule has 1 aliphatic rings. The molecule has 0 aromatic rings. The second kappa shape index (κ2) is 11.6. The van der Waals surface area contributed by atoms with Crippen molar-refractivity contribution in [1.82, 2.24) is 10.2 Å². The fraction of sp³-hybridized carbons (Fsp3) is 0.933. The van der Waals surface area contributed by atoms with Crippen molar-refractivity contribution < 1.29 is 0 Å². The number of piperidine rings is 1. The van der Waals surface area contributed by atoms with Gasteiger partial charge < -0.3 is 16.0 Å². The largest absolute Gasteiger partial charge is 0.370 e. The summed E-state index contributed by atoms with van der Waals surface area (Å²) in [7, 11) is 0. The molecule has 1 rings (SSSR count). The quantitative estimate of drug-likeness (QED) is 0.301. The van der Waals surface area contributed by atoms with Gasteiger partial charge in [0.05, 0.1) is 0 Å². The highest BCUT2D eigenvalue weighted by molar-refractivity contribution is 14.0. The Bertz CT molecular complexity index is 261. The molecule has 3 N–H and O–H groups in total. The van der Waals surface area contributed by atoms with Crippen LogP contribution < -0.4 is 11.1 Å². The van der Waals surface area contributed by atoms with Gasteiger partial charge in [0, 0.05) is 26.2 Å². The Hall–Kier alpha value is -0.0400. The van der Waals surface area contributed by atoms with Crippen LogP contribution in [0.1, 0.15) is 46.5 Å². The molecule has 1 saturated heterocycles. The van der Waals surface area contributed by atoms with E-state index in [4.69, 9.17) is 5.73 Å². The van der Waals surface area contributed by atoms with E-state index in [0.717, 1.165) is 44.3 Å². The summed E-state index contributed by atoms with van der Waals surface area (Å²) in [5.74, 6) is 2.29. The molecule has 4 nitrogen and oxygen atoms in total. The van der Waals surface area contributed by atoms with E-state index in [9.17, 15) is 0 Å². The minimum Gasteiger partial charge on any atom is -0.370 e. The molecule has 0 radical (unpaired) electrons. The van der Waals surface area contributed by atoms with Gasteiger partial charge in [0.1, 0.15) is 0 Å². The third-order valence-electron chi connectivity index (χ3n) is 3.70. The number of halogens is 1. The normalized spacial score (nSPS) is 24.2. The summed E-state index contributed by atoms with van der Waals surface area (Å²) in [6.45, 7) is 12.3. The molecule has 2 atom stereocenters. The highest BCUT2D eigenvalue weighted by Crippen LogP contribution is 2.20. The summed E-state index contributed by atoms with van der Waals surface area (Å²) >= 11 is 0. The van der Waals surface area contributed by atoms with E-state index in [0.29, 0.717) is 5.96 Å². The fourth-order valence-corrected chi connectivity index (χ4v) is 2.92. The van der Waals surface area contributed by atoms with Crippen molar-refractivity contribution in [2.45, 2.75) is 46.5 Å². The minimum absolute atomic E-state index is 0. The lowest BCUT2D eigenvalue weighted by atomic mass is 9.92. The lowest BCUT2D eigenvalue weighted by Gasteiger charge is -2.34. The van der Waals surface area contributed by atoms with Gasteiger partial charge in [-0.25, -0.2) is 0 Å². The fourth-order valence-electron chi connectivity index (χ4n) is 2.92. The van der Waals surface area contributed by atoms with Gasteiger partial charge in [0.2, 0.25) is 0 Å². The van der Waals surface area contributed by atoms with Crippen LogP contribution in [0.15, 0.2) is 4.99 Å². The maximum atomic E-state index is 5.80. The molecule has 5 heteroatoms. The molecular weight excluding hydrogens is 363 g/mol. The summed E-state index contributed by atoms with van der Waals surface area (Å²) in [5, 5.41) is 3.15. The lowest BCUT2D eigenvalue weighted by molar-refractivity contribution is 0.140. The van der Waals surface area contributed by atoms with E-state index in [1.165, 1.54) is 25.9 Å². The summed E-state index contributed by atoms with van der Waals surface area (Å²) < 4.78 is 0. The predicted molar refractivity (Wildman–Crippen MR) is 98.8 cm³/mol. The monoisotopic (exact) mass is 396 g/mol. The number of nitrogens with one attached hydrogen (secondary N) is 1. The van der Waals surface area contributed by atoms with E-state index in [-0.39, 0.29) is 24.0 Å². The van der Waals surface area contributed by atoms with Gasteiger partial charge in [-0.2, -0.15) is 0 Å². The first-order valence-corrected chi connectivity index (χ1v) is 7.88. The lowest BCUT2D eigenvalue weighted by Crippen LogP contribution is -2.39. The smallest absolute Gasteiger partial charge is 0.188 e. The van der Waals surface area contributed by atoms with Gasteiger partial charge in [0.15, 0.2) is 5.96 Å². The van der Waals surface area contributed by atoms with Crippen LogP contribution in [0, 0.1) is 11.8 Å². The van der Waals surface area contributed by atoms with Gasteiger partial charge >= 0.3 is 0 Å². The van der Waals surface area contributed by atoms with Crippen molar-refractivity contribution in [3.63, 3.8) is 0 Å². The van der Waals surface area contributed by atoms with Gasteiger partial charge in [0.25, 0.3) is 0 Å². The molecule has 1 fully saturated rings. The molecule has 2 unspecified atom stereocenters. The number of rotatable bonds is 7. The molecule has 20 heavy (non-hydrogen) atoms. The Morgan fingerprint density at radius 1 is 1.25 bits per heavy atom. The molecule has 1 heterocycles. The first-order valence-electron chi connectivity index (χ1n) is 7.88. The first-order chi connectivity index (χ1) is 9.11. The molecule has 0 bridgehead atoms. The summed E-state index contributed by atoms with van der Waals surface area (Å²) in [6.07, 6.45) is 4.82. The van der Waals surface area contributed by atoms with Crippen LogP contribution in [0.4, 0.5) is 0 Å². The number of nitrogens with two attached hydrogens (primary N) is 1. The van der Waals surface area contributed by atoms with Gasteiger partial charge in [-0.1, -0.05) is 27.2 Å². The Morgan fingerprint density at radius 2 is 1.90 bits per heavy atom. The standard InChI is InChI=1S/C15H32N4.HI/c1-4-5-7-17-15(16)18-8-6-9-19-11-13(2)10-14(3)12-19;/h13-14H,4-12H2,1-3H3,(H3,16,17,18);1H. The van der Waals surface area contributed by atoms with Crippen LogP contribution in [0.5, 0.6) is 0 Å². The van der Waals surface area contributed by atoms with Gasteiger partial charge in [-0.3, -0.25) is 4.99 Å². The Balaban J connectivity index is 0.00000361. The van der Waals surface area contributed by atoms with E-state index in [1.807, 2.05) is 0 Å². The average molecular weight is 396 g/mol. The predicted octanol–water partition coefficient (Wildman–Crippen LogP) is 2.68. The summed E-state index contributed by atoms with van der Waals surface area (Å²) in [4.78, 5) is 6.95. The number of aliphatic imine (C=N–C) groups is 1. The molecule has 120 valence electrons. The molecule has 0 saturated carbocycles. The number of hydrogen-bond donors (Lipinski definition) is 2. The topological polar surface area (TPSA) is 53.6 Å². The van der Waals surface area contributed by atoms with Crippen molar-refractivity contribution in [2.24, 2.45) is 22.6 Å². The van der Waals surface area contributed by atoms with Crippen LogP contribution in [0.3, 0.4) is 0 Å². The maximum Gasteiger partial charge on any atom is 0.188 e. The summed E-state index contributed by atoms with van der Waals surface area (Å²) in [5.41, 5.74) is 5.80. The van der Waals surface area contributed by atoms with Crippen LogP contribution in [0.25, 0.3) is 0 Å². The Labute approximate surface area is 142 Å². The highest BCUT2D eigenvalue weighted by Gasteiger charge is 2.20. The zero-order valence-electron chi connectivity index (χ0n) is 13.4. The SMILES string of the molecule is CCCCNC(N)=NCCCN1CC(C)CC(C)C1.I. The number of nitrogens with zero attached hydrogens (tertiary/aromatic N) is 2. The van der Waals surface area contributed by atoms with Crippen LogP contribution in [0.2, 0.25) is 0 Å². The number of hydrogen-bond acceptors (Lipinski definition) is 2. The second-order valence-electron chi connectivity index (χ2n) is 6.11. The van der Waals surface area contributed by atoms with E-state index in [2.05, 4.69) is 36.0 Å². The van der Waals surface area contributed by atoms with Gasteiger partial charge in [-0.05, 0) is 37.6 Å². The van der Waals surface area contributed by atoms with Crippen molar-refractivity contribution in [1.29, 1.82) is 0 Å². The number of unbranched alkanes of at least 4 members (excludes halogenated alkanes) is 1. The van der Waals surface area contributed by atoms with E-state index in [1.54, 1.807) is 0 Å². The maximum absolute atomic E-state index is 5.80. The van der Waals surface area contributed by atoms with E-state index < -0.39 is 0 Å². The second-order valence-corrected chi connectivity index (χ2v) is 6.11. The minimum atomic E-state index is 0. The molecule has 0 aromatic carbocycles. The van der Waals surface area contributed by atoms with Crippen LogP contribution in [-0.2, 0) is 0 Å². The third-order valence-corrected chi connectivity index (χ3v) is 3.70. The zero-order chi connectivity index (χ0) is 14.1. The van der Waals surface area contributed by atoms with E-state index >= 15 is 0 Å². The van der Waals surface area contributed by atoms with Crippen LogP contribution in [-0.4, -0.2) is 43.6 Å². The third kappa shape index (κ3) is 9.00. The number of likely N-dealkylation sites (tertiary alicyclic amines) is 1. The van der Waals surface area contributed by atoms with Crippen molar-refractivity contribution in [2.75, 3.05) is 32.7 Å². The molecule has 0 spiro atoms. The zero-order valence-corrected chi connectivity index (χ0v) is 15.7. The number of guanidine groups is 1. The Morgan fingerprint density at radius 3 is 2.50 bits per heavy atom. The molecular formula is C15H33IN4. The Kier molecular flexibility index (Phi) is 11.6. The van der Waals surface area contributed by atoms with Crippen LogP contribution >= 0.6 is 24.0 Å².